The van der Waals surface area contributed by atoms with Gasteiger partial charge in [0.05, 0.1) is 0 Å². The van der Waals surface area contributed by atoms with E-state index in [1.165, 1.54) is 12.8 Å². The number of hydrogen-bond donors (Lipinski definition) is 1. The zero-order valence-electron chi connectivity index (χ0n) is 9.32. The Morgan fingerprint density at radius 2 is 2.13 bits per heavy atom. The number of aromatic nitrogens is 1. The van der Waals surface area contributed by atoms with Gasteiger partial charge in [0.1, 0.15) is 5.82 Å². The Bertz CT molecular complexity index is 301. The van der Waals surface area contributed by atoms with E-state index in [4.69, 9.17) is 5.73 Å². The van der Waals surface area contributed by atoms with Crippen molar-refractivity contribution in [1.82, 2.24) is 4.98 Å². The molecule has 0 amide bonds. The molecule has 2 N–H and O–H groups in total. The van der Waals surface area contributed by atoms with Crippen molar-refractivity contribution in [2.24, 2.45) is 5.73 Å². The lowest BCUT2D eigenvalue weighted by Gasteiger charge is -2.17. The van der Waals surface area contributed by atoms with E-state index in [2.05, 4.69) is 28.9 Å². The molecule has 0 bridgehead atoms. The van der Waals surface area contributed by atoms with Crippen LogP contribution in [0.2, 0.25) is 0 Å². The molecule has 2 rings (SSSR count). The van der Waals surface area contributed by atoms with Crippen LogP contribution in [0.1, 0.15) is 37.8 Å². The van der Waals surface area contributed by atoms with Gasteiger partial charge in [-0.3, -0.25) is 0 Å². The number of hydrogen-bond acceptors (Lipinski definition) is 3. The predicted molar refractivity (Wildman–Crippen MR) is 62.9 cm³/mol. The summed E-state index contributed by atoms with van der Waals surface area (Å²) >= 11 is 0. The second-order valence-corrected chi connectivity index (χ2v) is 4.16. The summed E-state index contributed by atoms with van der Waals surface area (Å²) in [6.45, 7) is 4.39. The van der Waals surface area contributed by atoms with Crippen LogP contribution in [0.3, 0.4) is 0 Å². The lowest BCUT2D eigenvalue weighted by Crippen LogP contribution is -2.19. The fourth-order valence-corrected chi connectivity index (χ4v) is 1.99. The van der Waals surface area contributed by atoms with Crippen molar-refractivity contribution in [2.45, 2.75) is 32.2 Å². The average Bonchev–Trinajstić information content (AvgIpc) is 2.82. The largest absolute Gasteiger partial charge is 0.357 e. The maximum atomic E-state index is 5.94. The van der Waals surface area contributed by atoms with Crippen molar-refractivity contribution >= 4 is 5.82 Å². The van der Waals surface area contributed by atoms with Gasteiger partial charge in [-0.15, -0.1) is 0 Å². The first-order valence-corrected chi connectivity index (χ1v) is 5.77. The minimum Gasteiger partial charge on any atom is -0.357 e. The quantitative estimate of drug-likeness (QED) is 0.821. The molecule has 1 fully saturated rings. The third-order valence-electron chi connectivity index (χ3n) is 3.07. The Labute approximate surface area is 91.3 Å². The van der Waals surface area contributed by atoms with Crippen LogP contribution < -0.4 is 10.6 Å². The minimum atomic E-state index is 0.130. The summed E-state index contributed by atoms with van der Waals surface area (Å²) in [5.41, 5.74) is 7.08. The SMILES string of the molecule is CC[C@H](N)c1ccc(N2CCCC2)nc1. The molecule has 0 saturated carbocycles. The van der Waals surface area contributed by atoms with Gasteiger partial charge in [0.15, 0.2) is 0 Å². The minimum absolute atomic E-state index is 0.130. The highest BCUT2D eigenvalue weighted by molar-refractivity contribution is 5.40. The molecule has 82 valence electrons. The van der Waals surface area contributed by atoms with Crippen LogP contribution >= 0.6 is 0 Å². The van der Waals surface area contributed by atoms with E-state index >= 15 is 0 Å². The first-order valence-electron chi connectivity index (χ1n) is 5.77. The molecule has 3 nitrogen and oxygen atoms in total. The predicted octanol–water partition coefficient (Wildman–Crippen LogP) is 2.09. The molecule has 3 heteroatoms. The average molecular weight is 205 g/mol. The molecular weight excluding hydrogens is 186 g/mol. The van der Waals surface area contributed by atoms with Crippen molar-refractivity contribution < 1.29 is 0 Å². The summed E-state index contributed by atoms with van der Waals surface area (Å²) in [6.07, 6.45) is 5.46. The molecule has 0 unspecified atom stereocenters. The van der Waals surface area contributed by atoms with Gasteiger partial charge < -0.3 is 10.6 Å². The van der Waals surface area contributed by atoms with Crippen LogP contribution in [0.15, 0.2) is 18.3 Å². The topological polar surface area (TPSA) is 42.1 Å². The lowest BCUT2D eigenvalue weighted by atomic mass is 10.1. The maximum Gasteiger partial charge on any atom is 0.128 e. The van der Waals surface area contributed by atoms with E-state index in [0.29, 0.717) is 0 Å². The molecular formula is C12H19N3. The van der Waals surface area contributed by atoms with Gasteiger partial charge in [-0.05, 0) is 30.9 Å². The molecule has 1 saturated heterocycles. The summed E-state index contributed by atoms with van der Waals surface area (Å²) in [5, 5.41) is 0. The number of rotatable bonds is 3. The second-order valence-electron chi connectivity index (χ2n) is 4.16. The van der Waals surface area contributed by atoms with Gasteiger partial charge in [-0.1, -0.05) is 13.0 Å². The monoisotopic (exact) mass is 205 g/mol. The van der Waals surface area contributed by atoms with Gasteiger partial charge >= 0.3 is 0 Å². The molecule has 0 aromatic carbocycles. The number of nitrogens with zero attached hydrogens (tertiary/aromatic N) is 2. The molecule has 1 aromatic heterocycles. The van der Waals surface area contributed by atoms with Crippen molar-refractivity contribution in [1.29, 1.82) is 0 Å². The summed E-state index contributed by atoms with van der Waals surface area (Å²) in [7, 11) is 0. The molecule has 2 heterocycles. The maximum absolute atomic E-state index is 5.94. The van der Waals surface area contributed by atoms with Crippen molar-refractivity contribution in [2.75, 3.05) is 18.0 Å². The number of anilines is 1. The fourth-order valence-electron chi connectivity index (χ4n) is 1.99. The van der Waals surface area contributed by atoms with Crippen LogP contribution in [-0.2, 0) is 0 Å². The fraction of sp³-hybridized carbons (Fsp3) is 0.583. The van der Waals surface area contributed by atoms with Crippen LogP contribution in [0.25, 0.3) is 0 Å². The zero-order valence-corrected chi connectivity index (χ0v) is 9.32. The van der Waals surface area contributed by atoms with Gasteiger partial charge in [0.25, 0.3) is 0 Å². The molecule has 1 aliphatic heterocycles. The van der Waals surface area contributed by atoms with Crippen molar-refractivity contribution in [3.63, 3.8) is 0 Å². The molecule has 1 aliphatic rings. The van der Waals surface area contributed by atoms with E-state index in [-0.39, 0.29) is 6.04 Å². The van der Waals surface area contributed by atoms with Crippen LogP contribution in [0, 0.1) is 0 Å². The smallest absolute Gasteiger partial charge is 0.128 e. The lowest BCUT2D eigenvalue weighted by molar-refractivity contribution is 0.694. The number of nitrogens with two attached hydrogens (primary N) is 1. The first-order chi connectivity index (χ1) is 7.31. The molecule has 0 spiro atoms. The summed E-state index contributed by atoms with van der Waals surface area (Å²) < 4.78 is 0. The normalized spacial score (nSPS) is 18.1. The van der Waals surface area contributed by atoms with Crippen LogP contribution in [-0.4, -0.2) is 18.1 Å². The first kappa shape index (κ1) is 10.4. The van der Waals surface area contributed by atoms with Crippen molar-refractivity contribution in [3.8, 4) is 0 Å². The molecule has 15 heavy (non-hydrogen) atoms. The Morgan fingerprint density at radius 3 is 2.67 bits per heavy atom. The zero-order chi connectivity index (χ0) is 10.7. The van der Waals surface area contributed by atoms with Crippen LogP contribution in [0.5, 0.6) is 0 Å². The highest BCUT2D eigenvalue weighted by atomic mass is 15.2. The highest BCUT2D eigenvalue weighted by Crippen LogP contribution is 2.19. The van der Waals surface area contributed by atoms with Gasteiger partial charge in [-0.2, -0.15) is 0 Å². The van der Waals surface area contributed by atoms with E-state index in [9.17, 15) is 0 Å². The van der Waals surface area contributed by atoms with E-state index in [1.54, 1.807) is 0 Å². The number of pyridine rings is 1. The molecule has 1 atom stereocenters. The van der Waals surface area contributed by atoms with Crippen LogP contribution in [0.4, 0.5) is 5.82 Å². The molecule has 0 aliphatic carbocycles. The van der Waals surface area contributed by atoms with E-state index in [1.807, 2.05) is 6.20 Å². The van der Waals surface area contributed by atoms with Gasteiger partial charge in [0, 0.05) is 25.3 Å². The standard InChI is InChI=1S/C12H19N3/c1-2-11(13)10-5-6-12(14-9-10)15-7-3-4-8-15/h5-6,9,11H,2-4,7-8,13H2,1H3/t11-/m0/s1. The second kappa shape index (κ2) is 4.62. The highest BCUT2D eigenvalue weighted by Gasteiger charge is 2.13. The third kappa shape index (κ3) is 2.29. The van der Waals surface area contributed by atoms with Crippen molar-refractivity contribution in [3.05, 3.63) is 23.9 Å². The van der Waals surface area contributed by atoms with Gasteiger partial charge in [0.2, 0.25) is 0 Å². The Morgan fingerprint density at radius 1 is 1.40 bits per heavy atom. The van der Waals surface area contributed by atoms with Gasteiger partial charge in [-0.25, -0.2) is 4.98 Å². The summed E-state index contributed by atoms with van der Waals surface area (Å²) in [5.74, 6) is 1.10. The summed E-state index contributed by atoms with van der Waals surface area (Å²) in [6, 6.07) is 4.33. The summed E-state index contributed by atoms with van der Waals surface area (Å²) in [4.78, 5) is 6.81. The molecule has 1 aromatic rings. The Kier molecular flexibility index (Phi) is 3.21. The van der Waals surface area contributed by atoms with E-state index < -0.39 is 0 Å². The third-order valence-corrected chi connectivity index (χ3v) is 3.07. The molecule has 0 radical (unpaired) electrons. The Hall–Kier alpha value is -1.09. The Balaban J connectivity index is 2.09. The van der Waals surface area contributed by atoms with E-state index in [0.717, 1.165) is 30.9 Å².